The van der Waals surface area contributed by atoms with Crippen molar-refractivity contribution in [2.24, 2.45) is 0 Å². The minimum absolute atomic E-state index is 0.0103. The van der Waals surface area contributed by atoms with E-state index in [1.165, 1.54) is 28.6 Å². The maximum Gasteiger partial charge on any atom is 0.272 e. The summed E-state index contributed by atoms with van der Waals surface area (Å²) < 4.78 is 8.92. The van der Waals surface area contributed by atoms with Crippen molar-refractivity contribution in [1.82, 2.24) is 9.47 Å². The molecule has 29 heavy (non-hydrogen) atoms. The average Bonchev–Trinajstić information content (AvgIpc) is 3.46. The van der Waals surface area contributed by atoms with E-state index in [0.29, 0.717) is 6.04 Å². The highest BCUT2D eigenvalue weighted by molar-refractivity contribution is 7.17. The second-order valence-electron chi connectivity index (χ2n) is 8.05. The van der Waals surface area contributed by atoms with Crippen LogP contribution in [0.1, 0.15) is 47.8 Å². The number of ether oxygens (including phenoxy) is 1. The van der Waals surface area contributed by atoms with E-state index in [-0.39, 0.29) is 5.91 Å². The van der Waals surface area contributed by atoms with Gasteiger partial charge in [0.1, 0.15) is 5.69 Å². The fourth-order valence-electron chi connectivity index (χ4n) is 4.64. The molecule has 2 aliphatic rings. The van der Waals surface area contributed by atoms with E-state index in [9.17, 15) is 4.79 Å². The lowest BCUT2D eigenvalue weighted by Crippen LogP contribution is -2.35. The van der Waals surface area contributed by atoms with Gasteiger partial charge in [0.2, 0.25) is 0 Å². The Bertz CT molecular complexity index is 997. The van der Waals surface area contributed by atoms with Crippen molar-refractivity contribution in [3.8, 4) is 0 Å². The number of amides is 1. The van der Waals surface area contributed by atoms with Gasteiger partial charge in [0.05, 0.1) is 23.4 Å². The number of hydrogen-bond acceptors (Lipinski definition) is 4. The summed E-state index contributed by atoms with van der Waals surface area (Å²) >= 11 is 1.71. The van der Waals surface area contributed by atoms with Crippen molar-refractivity contribution in [2.75, 3.05) is 31.6 Å². The van der Waals surface area contributed by atoms with Crippen LogP contribution in [-0.2, 0) is 11.3 Å². The second-order valence-corrected chi connectivity index (χ2v) is 9.00. The summed E-state index contributed by atoms with van der Waals surface area (Å²) in [4.78, 5) is 15.6. The summed E-state index contributed by atoms with van der Waals surface area (Å²) in [6, 6.07) is 12.9. The van der Waals surface area contributed by atoms with Gasteiger partial charge in [-0.3, -0.25) is 9.69 Å². The number of aromatic nitrogens is 1. The van der Waals surface area contributed by atoms with Crippen LogP contribution in [0.25, 0.3) is 10.2 Å². The summed E-state index contributed by atoms with van der Waals surface area (Å²) in [5, 5.41) is 5.27. The zero-order valence-corrected chi connectivity index (χ0v) is 17.4. The molecule has 1 saturated carbocycles. The highest BCUT2D eigenvalue weighted by atomic mass is 32.1. The molecular weight excluding hydrogens is 382 g/mol. The quantitative estimate of drug-likeness (QED) is 0.652. The molecular formula is C23H27N3O2S. The number of hydrogen-bond donors (Lipinski definition) is 1. The van der Waals surface area contributed by atoms with E-state index in [1.54, 1.807) is 11.3 Å². The molecule has 5 nitrogen and oxygen atoms in total. The van der Waals surface area contributed by atoms with E-state index in [0.717, 1.165) is 57.1 Å². The third kappa shape index (κ3) is 3.97. The fraction of sp³-hybridized carbons (Fsp3) is 0.435. The molecule has 1 N–H and O–H groups in total. The van der Waals surface area contributed by atoms with Gasteiger partial charge in [0, 0.05) is 31.4 Å². The zero-order valence-electron chi connectivity index (χ0n) is 16.6. The summed E-state index contributed by atoms with van der Waals surface area (Å²) in [5.74, 6) is -0.0103. The first kappa shape index (κ1) is 18.9. The van der Waals surface area contributed by atoms with Gasteiger partial charge in [0.15, 0.2) is 0 Å². The number of rotatable bonds is 5. The maximum atomic E-state index is 13.2. The first-order chi connectivity index (χ1) is 14.3. The Kier molecular flexibility index (Phi) is 5.40. The molecule has 5 rings (SSSR count). The van der Waals surface area contributed by atoms with E-state index in [1.807, 2.05) is 12.1 Å². The number of morpholine rings is 1. The lowest BCUT2D eigenvalue weighted by Gasteiger charge is -2.26. The first-order valence-electron chi connectivity index (χ1n) is 10.6. The van der Waals surface area contributed by atoms with E-state index < -0.39 is 0 Å². The highest BCUT2D eigenvalue weighted by Gasteiger charge is 2.25. The molecule has 0 bridgehead atoms. The Labute approximate surface area is 175 Å². The molecule has 2 fully saturated rings. The Morgan fingerprint density at radius 2 is 1.97 bits per heavy atom. The molecule has 1 amide bonds. The van der Waals surface area contributed by atoms with Crippen molar-refractivity contribution < 1.29 is 9.53 Å². The lowest BCUT2D eigenvalue weighted by atomic mass is 10.1. The molecule has 6 heteroatoms. The smallest absolute Gasteiger partial charge is 0.272 e. The van der Waals surface area contributed by atoms with E-state index in [2.05, 4.69) is 44.4 Å². The van der Waals surface area contributed by atoms with Crippen LogP contribution in [0.15, 0.2) is 41.8 Å². The number of anilines is 1. The summed E-state index contributed by atoms with van der Waals surface area (Å²) in [6.07, 6.45) is 4.82. The van der Waals surface area contributed by atoms with Gasteiger partial charge in [-0.25, -0.2) is 0 Å². The standard InChI is InChI=1S/C23H27N3O2S/c27-23(21-15-22-20(8-13-29-22)26(21)19-6-1-2-7-19)24-18-5-3-4-17(14-18)16-25-9-11-28-12-10-25/h3-5,8,13-15,19H,1-2,6-7,9-12,16H2,(H,24,27). The lowest BCUT2D eigenvalue weighted by molar-refractivity contribution is 0.0342. The Balaban J connectivity index is 1.36. The first-order valence-corrected chi connectivity index (χ1v) is 11.4. The topological polar surface area (TPSA) is 46.5 Å². The minimum atomic E-state index is -0.0103. The number of nitrogens with zero attached hydrogens (tertiary/aromatic N) is 2. The maximum absolute atomic E-state index is 13.2. The minimum Gasteiger partial charge on any atom is -0.379 e. The molecule has 3 aromatic rings. The van der Waals surface area contributed by atoms with Crippen molar-refractivity contribution >= 4 is 33.1 Å². The van der Waals surface area contributed by atoms with Crippen LogP contribution in [0.5, 0.6) is 0 Å². The normalized spacial score (nSPS) is 18.5. The van der Waals surface area contributed by atoms with Gasteiger partial charge in [-0.1, -0.05) is 25.0 Å². The summed E-state index contributed by atoms with van der Waals surface area (Å²) in [5.41, 5.74) is 4.07. The van der Waals surface area contributed by atoms with Gasteiger partial charge in [-0.15, -0.1) is 11.3 Å². The third-order valence-corrected chi connectivity index (χ3v) is 6.93. The van der Waals surface area contributed by atoms with Crippen LogP contribution in [0, 0.1) is 0 Å². The predicted molar refractivity (Wildman–Crippen MR) is 118 cm³/mol. The molecule has 0 radical (unpaired) electrons. The predicted octanol–water partition coefficient (Wildman–Crippen LogP) is 4.90. The number of carbonyl (C=O) groups is 1. The summed E-state index contributed by atoms with van der Waals surface area (Å²) in [7, 11) is 0. The van der Waals surface area contributed by atoms with Gasteiger partial charge in [0.25, 0.3) is 5.91 Å². The van der Waals surface area contributed by atoms with Crippen LogP contribution < -0.4 is 5.32 Å². The van der Waals surface area contributed by atoms with Crippen LogP contribution in [0.4, 0.5) is 5.69 Å². The number of thiophene rings is 1. The number of carbonyl (C=O) groups excluding carboxylic acids is 1. The molecule has 1 aliphatic carbocycles. The van der Waals surface area contributed by atoms with Gasteiger partial charge < -0.3 is 14.6 Å². The highest BCUT2D eigenvalue weighted by Crippen LogP contribution is 2.36. The summed E-state index contributed by atoms with van der Waals surface area (Å²) in [6.45, 7) is 4.41. The molecule has 0 spiro atoms. The fourth-order valence-corrected chi connectivity index (χ4v) is 5.45. The number of fused-ring (bicyclic) bond motifs is 1. The van der Waals surface area contributed by atoms with Gasteiger partial charge in [-0.2, -0.15) is 0 Å². The Hall–Kier alpha value is -2.15. The van der Waals surface area contributed by atoms with Crippen molar-refractivity contribution in [3.63, 3.8) is 0 Å². The average molecular weight is 410 g/mol. The van der Waals surface area contributed by atoms with E-state index >= 15 is 0 Å². The molecule has 2 aromatic heterocycles. The van der Waals surface area contributed by atoms with Crippen LogP contribution >= 0.6 is 11.3 Å². The second kappa shape index (κ2) is 8.30. The molecule has 152 valence electrons. The third-order valence-electron chi connectivity index (χ3n) is 6.08. The number of benzene rings is 1. The Morgan fingerprint density at radius 1 is 1.14 bits per heavy atom. The van der Waals surface area contributed by atoms with Crippen LogP contribution in [-0.4, -0.2) is 41.7 Å². The molecule has 1 aromatic carbocycles. The molecule has 0 unspecified atom stereocenters. The van der Waals surface area contributed by atoms with Gasteiger partial charge in [-0.05, 0) is 48.1 Å². The van der Waals surface area contributed by atoms with Crippen LogP contribution in [0.3, 0.4) is 0 Å². The monoisotopic (exact) mass is 409 g/mol. The van der Waals surface area contributed by atoms with Crippen LogP contribution in [0.2, 0.25) is 0 Å². The number of nitrogens with one attached hydrogen (secondary N) is 1. The SMILES string of the molecule is O=C(Nc1cccc(CN2CCOCC2)c1)c1cc2sccc2n1C1CCCC1. The van der Waals surface area contributed by atoms with Crippen molar-refractivity contribution in [3.05, 3.63) is 53.0 Å². The van der Waals surface area contributed by atoms with Crippen molar-refractivity contribution in [2.45, 2.75) is 38.3 Å². The molecule has 3 heterocycles. The largest absolute Gasteiger partial charge is 0.379 e. The van der Waals surface area contributed by atoms with E-state index in [4.69, 9.17) is 4.74 Å². The van der Waals surface area contributed by atoms with Crippen molar-refractivity contribution in [1.29, 1.82) is 0 Å². The molecule has 1 aliphatic heterocycles. The Morgan fingerprint density at radius 3 is 2.79 bits per heavy atom. The van der Waals surface area contributed by atoms with Gasteiger partial charge >= 0.3 is 0 Å². The molecule has 0 atom stereocenters. The molecule has 1 saturated heterocycles. The zero-order chi connectivity index (χ0) is 19.6.